The maximum Gasteiger partial charge on any atom is 0.121 e. The van der Waals surface area contributed by atoms with Crippen molar-refractivity contribution in [3.8, 4) is 5.75 Å². The molecular formula is C15H23N3O. The molecule has 4 nitrogen and oxygen atoms in total. The maximum atomic E-state index is 6.07. The van der Waals surface area contributed by atoms with Gasteiger partial charge in [-0.1, -0.05) is 6.92 Å². The number of nitrogens with zero attached hydrogens (tertiary/aromatic N) is 2. The van der Waals surface area contributed by atoms with Gasteiger partial charge in [-0.05, 0) is 32.4 Å². The third-order valence-electron chi connectivity index (χ3n) is 3.46. The van der Waals surface area contributed by atoms with E-state index in [1.807, 2.05) is 12.1 Å². The quantitative estimate of drug-likeness (QED) is 0.900. The molecule has 1 heterocycles. The Morgan fingerprint density at radius 3 is 2.68 bits per heavy atom. The number of benzene rings is 1. The number of ether oxygens (including phenoxy) is 1. The van der Waals surface area contributed by atoms with Crippen LogP contribution in [0, 0.1) is 0 Å². The van der Waals surface area contributed by atoms with E-state index in [4.69, 9.17) is 15.5 Å². The lowest BCUT2D eigenvalue weighted by Crippen LogP contribution is -2.24. The van der Waals surface area contributed by atoms with Crippen molar-refractivity contribution in [3.63, 3.8) is 0 Å². The van der Waals surface area contributed by atoms with Gasteiger partial charge < -0.3 is 15.0 Å². The summed E-state index contributed by atoms with van der Waals surface area (Å²) in [4.78, 5) is 4.73. The van der Waals surface area contributed by atoms with Gasteiger partial charge in [0, 0.05) is 24.6 Å². The van der Waals surface area contributed by atoms with Gasteiger partial charge >= 0.3 is 0 Å². The summed E-state index contributed by atoms with van der Waals surface area (Å²) in [6.07, 6.45) is 1.77. The molecule has 0 aliphatic carbocycles. The summed E-state index contributed by atoms with van der Waals surface area (Å²) in [7, 11) is 1.68. The predicted octanol–water partition coefficient (Wildman–Crippen LogP) is 2.91. The highest BCUT2D eigenvalue weighted by Gasteiger charge is 2.15. The Morgan fingerprint density at radius 2 is 2.11 bits per heavy atom. The van der Waals surface area contributed by atoms with Crippen molar-refractivity contribution in [2.75, 3.05) is 7.11 Å². The number of methoxy groups -OCH3 is 1. The zero-order valence-corrected chi connectivity index (χ0v) is 12.2. The Morgan fingerprint density at radius 1 is 1.37 bits per heavy atom. The smallest absolute Gasteiger partial charge is 0.121 e. The minimum atomic E-state index is 0.163. The van der Waals surface area contributed by atoms with E-state index >= 15 is 0 Å². The lowest BCUT2D eigenvalue weighted by molar-refractivity contribution is 0.415. The van der Waals surface area contributed by atoms with E-state index in [0.29, 0.717) is 6.04 Å². The molecule has 4 heteroatoms. The third-order valence-corrected chi connectivity index (χ3v) is 3.46. The van der Waals surface area contributed by atoms with Crippen LogP contribution in [-0.2, 0) is 6.42 Å². The van der Waals surface area contributed by atoms with E-state index in [2.05, 4.69) is 31.4 Å². The molecule has 1 aromatic carbocycles. The number of fused-ring (bicyclic) bond motifs is 1. The molecule has 0 spiro atoms. The van der Waals surface area contributed by atoms with Crippen LogP contribution >= 0.6 is 0 Å². The number of hydrogen-bond acceptors (Lipinski definition) is 3. The molecule has 0 fully saturated rings. The van der Waals surface area contributed by atoms with Crippen molar-refractivity contribution in [3.05, 3.63) is 24.0 Å². The van der Waals surface area contributed by atoms with Crippen LogP contribution in [0.4, 0.5) is 0 Å². The molecule has 104 valence electrons. The third kappa shape index (κ3) is 2.73. The molecular weight excluding hydrogens is 238 g/mol. The number of hydrogen-bond donors (Lipinski definition) is 1. The normalized spacial score (nSPS) is 13.2. The number of nitrogens with two attached hydrogens (primary N) is 1. The first-order valence-corrected chi connectivity index (χ1v) is 6.87. The molecule has 19 heavy (non-hydrogen) atoms. The topological polar surface area (TPSA) is 53.1 Å². The monoisotopic (exact) mass is 261 g/mol. The average Bonchev–Trinajstić information content (AvgIpc) is 2.74. The molecule has 2 aromatic rings. The average molecular weight is 261 g/mol. The molecule has 0 radical (unpaired) electrons. The van der Waals surface area contributed by atoms with Crippen molar-refractivity contribution in [1.82, 2.24) is 9.55 Å². The first kappa shape index (κ1) is 13.9. The lowest BCUT2D eigenvalue weighted by Gasteiger charge is -2.15. The summed E-state index contributed by atoms with van der Waals surface area (Å²) in [6.45, 7) is 6.45. The molecule has 0 bridgehead atoms. The largest absolute Gasteiger partial charge is 0.497 e. The fourth-order valence-electron chi connectivity index (χ4n) is 2.35. The van der Waals surface area contributed by atoms with Gasteiger partial charge in [-0.3, -0.25) is 0 Å². The SMILES string of the molecule is CCC(N)Cc1nc2cc(OC)ccc2n1C(C)C. The number of rotatable bonds is 5. The van der Waals surface area contributed by atoms with Crippen LogP contribution in [0.2, 0.25) is 0 Å². The Kier molecular flexibility index (Phi) is 4.10. The standard InChI is InChI=1S/C15H23N3O/c1-5-11(16)8-15-17-13-9-12(19-4)6-7-14(13)18(15)10(2)3/h6-7,9-11H,5,8,16H2,1-4H3. The first-order valence-electron chi connectivity index (χ1n) is 6.87. The second-order valence-corrected chi connectivity index (χ2v) is 5.22. The van der Waals surface area contributed by atoms with Crippen LogP contribution in [0.5, 0.6) is 5.75 Å². The van der Waals surface area contributed by atoms with E-state index in [9.17, 15) is 0 Å². The first-order chi connectivity index (χ1) is 9.06. The zero-order valence-electron chi connectivity index (χ0n) is 12.2. The molecule has 0 aliphatic rings. The summed E-state index contributed by atoms with van der Waals surface area (Å²) in [5.41, 5.74) is 8.20. The van der Waals surface area contributed by atoms with Gasteiger partial charge in [0.15, 0.2) is 0 Å². The van der Waals surface area contributed by atoms with Gasteiger partial charge in [0.25, 0.3) is 0 Å². The Balaban J connectivity index is 2.52. The number of aromatic nitrogens is 2. The van der Waals surface area contributed by atoms with Crippen LogP contribution in [0.15, 0.2) is 18.2 Å². The van der Waals surface area contributed by atoms with E-state index in [1.54, 1.807) is 7.11 Å². The van der Waals surface area contributed by atoms with Gasteiger partial charge in [-0.25, -0.2) is 4.98 Å². The molecule has 2 rings (SSSR count). The van der Waals surface area contributed by atoms with Gasteiger partial charge in [0.05, 0.1) is 18.1 Å². The molecule has 2 N–H and O–H groups in total. The summed E-state index contributed by atoms with van der Waals surface area (Å²) in [5.74, 6) is 1.90. The van der Waals surface area contributed by atoms with Crippen molar-refractivity contribution in [1.29, 1.82) is 0 Å². The molecule has 1 unspecified atom stereocenters. The molecule has 0 aliphatic heterocycles. The van der Waals surface area contributed by atoms with Crippen molar-refractivity contribution in [2.24, 2.45) is 5.73 Å². The van der Waals surface area contributed by atoms with Crippen molar-refractivity contribution >= 4 is 11.0 Å². The number of imidazole rings is 1. The van der Waals surface area contributed by atoms with E-state index < -0.39 is 0 Å². The van der Waals surface area contributed by atoms with Crippen molar-refractivity contribution in [2.45, 2.75) is 45.7 Å². The molecule has 0 saturated heterocycles. The van der Waals surface area contributed by atoms with Crippen LogP contribution in [0.25, 0.3) is 11.0 Å². The van der Waals surface area contributed by atoms with Crippen LogP contribution in [-0.4, -0.2) is 22.7 Å². The van der Waals surface area contributed by atoms with Gasteiger partial charge in [0.1, 0.15) is 11.6 Å². The molecule has 0 saturated carbocycles. The molecule has 1 atom stereocenters. The predicted molar refractivity (Wildman–Crippen MR) is 78.6 cm³/mol. The second-order valence-electron chi connectivity index (χ2n) is 5.22. The lowest BCUT2D eigenvalue weighted by atomic mass is 10.1. The van der Waals surface area contributed by atoms with Crippen molar-refractivity contribution < 1.29 is 4.74 Å². The molecule has 0 amide bonds. The maximum absolute atomic E-state index is 6.07. The van der Waals surface area contributed by atoms with Gasteiger partial charge in [-0.2, -0.15) is 0 Å². The zero-order chi connectivity index (χ0) is 14.0. The Hall–Kier alpha value is -1.55. The highest BCUT2D eigenvalue weighted by Crippen LogP contribution is 2.25. The molecule has 1 aromatic heterocycles. The van der Waals surface area contributed by atoms with Crippen LogP contribution in [0.1, 0.15) is 39.1 Å². The fourth-order valence-corrected chi connectivity index (χ4v) is 2.35. The minimum Gasteiger partial charge on any atom is -0.497 e. The summed E-state index contributed by atoms with van der Waals surface area (Å²) in [5, 5.41) is 0. The summed E-state index contributed by atoms with van der Waals surface area (Å²) < 4.78 is 7.53. The Labute approximate surface area is 114 Å². The van der Waals surface area contributed by atoms with E-state index in [0.717, 1.165) is 35.4 Å². The fraction of sp³-hybridized carbons (Fsp3) is 0.533. The summed E-state index contributed by atoms with van der Waals surface area (Å²) >= 11 is 0. The van der Waals surface area contributed by atoms with Gasteiger partial charge in [0.2, 0.25) is 0 Å². The second kappa shape index (κ2) is 5.61. The van der Waals surface area contributed by atoms with Crippen LogP contribution in [0.3, 0.4) is 0 Å². The van der Waals surface area contributed by atoms with Crippen LogP contribution < -0.4 is 10.5 Å². The summed E-state index contributed by atoms with van der Waals surface area (Å²) in [6, 6.07) is 6.57. The highest BCUT2D eigenvalue weighted by atomic mass is 16.5. The van der Waals surface area contributed by atoms with E-state index in [-0.39, 0.29) is 6.04 Å². The van der Waals surface area contributed by atoms with E-state index in [1.165, 1.54) is 0 Å². The van der Waals surface area contributed by atoms with Gasteiger partial charge in [-0.15, -0.1) is 0 Å². The minimum absolute atomic E-state index is 0.163. The Bertz CT molecular complexity index is 560. The highest BCUT2D eigenvalue weighted by molar-refractivity contribution is 5.78.